The first kappa shape index (κ1) is 16.0. The molecule has 1 aromatic carbocycles. The summed E-state index contributed by atoms with van der Waals surface area (Å²) in [6.07, 6.45) is 0. The first-order valence-electron chi connectivity index (χ1n) is 6.60. The largest absolute Gasteiger partial charge is 0.312 e. The van der Waals surface area contributed by atoms with Gasteiger partial charge in [0.2, 0.25) is 0 Å². The highest BCUT2D eigenvalue weighted by molar-refractivity contribution is 9.10. The van der Waals surface area contributed by atoms with E-state index in [9.17, 15) is 0 Å². The van der Waals surface area contributed by atoms with Crippen molar-refractivity contribution in [3.8, 4) is 10.6 Å². The molecule has 1 aromatic heterocycles. The SMILES string of the molecule is Cc1nc(-c2ccc(Cl)c(Br)c2)sc1CNCC(C)C. The molecule has 0 fully saturated rings. The molecule has 1 N–H and O–H groups in total. The summed E-state index contributed by atoms with van der Waals surface area (Å²) in [6.45, 7) is 8.40. The molecule has 0 unspecified atom stereocenters. The van der Waals surface area contributed by atoms with Crippen LogP contribution in [0.1, 0.15) is 24.4 Å². The number of benzene rings is 1. The van der Waals surface area contributed by atoms with Crippen LogP contribution in [0.3, 0.4) is 0 Å². The zero-order chi connectivity index (χ0) is 14.7. The number of rotatable bonds is 5. The third kappa shape index (κ3) is 4.04. The Balaban J connectivity index is 2.15. The van der Waals surface area contributed by atoms with E-state index in [4.69, 9.17) is 11.6 Å². The topological polar surface area (TPSA) is 24.9 Å². The summed E-state index contributed by atoms with van der Waals surface area (Å²) < 4.78 is 0.906. The third-order valence-corrected chi connectivity index (χ3v) is 5.32. The molecule has 108 valence electrons. The number of hydrogen-bond acceptors (Lipinski definition) is 3. The molecule has 0 spiro atoms. The summed E-state index contributed by atoms with van der Waals surface area (Å²) in [4.78, 5) is 5.96. The van der Waals surface area contributed by atoms with Crippen molar-refractivity contribution in [3.05, 3.63) is 38.3 Å². The van der Waals surface area contributed by atoms with E-state index in [1.807, 2.05) is 18.2 Å². The van der Waals surface area contributed by atoms with Crippen LogP contribution in [0.5, 0.6) is 0 Å². The van der Waals surface area contributed by atoms with Crippen molar-refractivity contribution in [1.29, 1.82) is 0 Å². The van der Waals surface area contributed by atoms with E-state index in [0.29, 0.717) is 5.92 Å². The Morgan fingerprint density at radius 1 is 1.40 bits per heavy atom. The zero-order valence-corrected chi connectivity index (χ0v) is 15.0. The van der Waals surface area contributed by atoms with Gasteiger partial charge < -0.3 is 5.32 Å². The molecular formula is C15H18BrClN2S. The lowest BCUT2D eigenvalue weighted by Gasteiger charge is -2.05. The highest BCUT2D eigenvalue weighted by Gasteiger charge is 2.10. The molecule has 20 heavy (non-hydrogen) atoms. The average molecular weight is 374 g/mol. The van der Waals surface area contributed by atoms with Crippen LogP contribution in [0.2, 0.25) is 5.02 Å². The summed E-state index contributed by atoms with van der Waals surface area (Å²) in [6, 6.07) is 5.93. The van der Waals surface area contributed by atoms with Gasteiger partial charge in [0.25, 0.3) is 0 Å². The van der Waals surface area contributed by atoms with Crippen LogP contribution in [0.25, 0.3) is 10.6 Å². The number of aryl methyl sites for hydroxylation is 1. The summed E-state index contributed by atoms with van der Waals surface area (Å²) in [5.41, 5.74) is 2.21. The molecule has 0 amide bonds. The minimum absolute atomic E-state index is 0.662. The van der Waals surface area contributed by atoms with Crippen molar-refractivity contribution in [3.63, 3.8) is 0 Å². The Morgan fingerprint density at radius 3 is 2.80 bits per heavy atom. The first-order chi connectivity index (χ1) is 9.47. The van der Waals surface area contributed by atoms with Crippen LogP contribution in [0, 0.1) is 12.8 Å². The van der Waals surface area contributed by atoms with Gasteiger partial charge in [0, 0.05) is 21.5 Å². The number of nitrogens with one attached hydrogen (secondary N) is 1. The number of aromatic nitrogens is 1. The third-order valence-electron chi connectivity index (χ3n) is 2.90. The van der Waals surface area contributed by atoms with Crippen molar-refractivity contribution in [2.24, 2.45) is 5.92 Å². The Kier molecular flexibility index (Phi) is 5.61. The molecule has 2 rings (SSSR count). The molecule has 2 aromatic rings. The second-order valence-corrected chi connectivity index (χ2v) is 7.53. The second kappa shape index (κ2) is 7.03. The predicted octanol–water partition coefficient (Wildman–Crippen LogP) is 5.28. The van der Waals surface area contributed by atoms with Crippen LogP contribution < -0.4 is 5.32 Å². The monoisotopic (exact) mass is 372 g/mol. The molecule has 0 radical (unpaired) electrons. The van der Waals surface area contributed by atoms with Crippen LogP contribution in [-0.4, -0.2) is 11.5 Å². The molecular weight excluding hydrogens is 356 g/mol. The predicted molar refractivity (Wildman–Crippen MR) is 91.5 cm³/mol. The van der Waals surface area contributed by atoms with Crippen molar-refractivity contribution in [2.75, 3.05) is 6.54 Å². The number of hydrogen-bond donors (Lipinski definition) is 1. The van der Waals surface area contributed by atoms with Gasteiger partial charge in [0.15, 0.2) is 0 Å². The standard InChI is InChI=1S/C15H18BrClN2S/c1-9(2)7-18-8-14-10(3)19-15(20-14)11-4-5-13(17)12(16)6-11/h4-6,9,18H,7-8H2,1-3H3. The lowest BCUT2D eigenvalue weighted by Crippen LogP contribution is -2.18. The van der Waals surface area contributed by atoms with E-state index in [1.165, 1.54) is 4.88 Å². The number of nitrogens with zero attached hydrogens (tertiary/aromatic N) is 1. The van der Waals surface area contributed by atoms with Gasteiger partial charge in [0.05, 0.1) is 10.7 Å². The fourth-order valence-electron chi connectivity index (χ4n) is 1.82. The van der Waals surface area contributed by atoms with Crippen molar-refractivity contribution >= 4 is 38.9 Å². The fourth-order valence-corrected chi connectivity index (χ4v) is 3.34. The van der Waals surface area contributed by atoms with Gasteiger partial charge >= 0.3 is 0 Å². The van der Waals surface area contributed by atoms with Gasteiger partial charge in [-0.2, -0.15) is 0 Å². The molecule has 0 saturated carbocycles. The van der Waals surface area contributed by atoms with E-state index in [0.717, 1.165) is 38.8 Å². The lowest BCUT2D eigenvalue weighted by molar-refractivity contribution is 0.554. The maximum Gasteiger partial charge on any atom is 0.123 e. The molecule has 0 atom stereocenters. The fraction of sp³-hybridized carbons (Fsp3) is 0.400. The summed E-state index contributed by atoms with van der Waals surface area (Å²) in [5, 5.41) is 5.23. The maximum absolute atomic E-state index is 6.03. The van der Waals surface area contributed by atoms with Gasteiger partial charge in [-0.05, 0) is 47.4 Å². The lowest BCUT2D eigenvalue weighted by atomic mass is 10.2. The van der Waals surface area contributed by atoms with E-state index < -0.39 is 0 Å². The van der Waals surface area contributed by atoms with Gasteiger partial charge in [-0.25, -0.2) is 4.98 Å². The molecule has 5 heteroatoms. The smallest absolute Gasteiger partial charge is 0.123 e. The molecule has 0 aliphatic heterocycles. The van der Waals surface area contributed by atoms with Gasteiger partial charge in [-0.1, -0.05) is 31.5 Å². The first-order valence-corrected chi connectivity index (χ1v) is 8.58. The summed E-state index contributed by atoms with van der Waals surface area (Å²) in [7, 11) is 0. The highest BCUT2D eigenvalue weighted by Crippen LogP contribution is 2.32. The molecule has 0 saturated heterocycles. The van der Waals surface area contributed by atoms with E-state index in [-0.39, 0.29) is 0 Å². The van der Waals surface area contributed by atoms with Crippen molar-refractivity contribution in [2.45, 2.75) is 27.3 Å². The van der Waals surface area contributed by atoms with Crippen LogP contribution >= 0.6 is 38.9 Å². The van der Waals surface area contributed by atoms with Crippen LogP contribution in [0.15, 0.2) is 22.7 Å². The Morgan fingerprint density at radius 2 is 2.15 bits per heavy atom. The average Bonchev–Trinajstić information content (AvgIpc) is 2.74. The van der Waals surface area contributed by atoms with Gasteiger partial charge in [-0.15, -0.1) is 11.3 Å². The van der Waals surface area contributed by atoms with Crippen molar-refractivity contribution < 1.29 is 0 Å². The van der Waals surface area contributed by atoms with Gasteiger partial charge in [0.1, 0.15) is 5.01 Å². The maximum atomic E-state index is 6.03. The zero-order valence-electron chi connectivity index (χ0n) is 11.8. The normalized spacial score (nSPS) is 11.3. The van der Waals surface area contributed by atoms with E-state index >= 15 is 0 Å². The molecule has 0 aliphatic rings. The van der Waals surface area contributed by atoms with Crippen molar-refractivity contribution in [1.82, 2.24) is 10.3 Å². The Labute approximate surface area is 137 Å². The second-order valence-electron chi connectivity index (χ2n) is 5.18. The van der Waals surface area contributed by atoms with Crippen LogP contribution in [-0.2, 0) is 6.54 Å². The molecule has 0 bridgehead atoms. The quantitative estimate of drug-likeness (QED) is 0.771. The summed E-state index contributed by atoms with van der Waals surface area (Å²) >= 11 is 11.2. The minimum Gasteiger partial charge on any atom is -0.312 e. The van der Waals surface area contributed by atoms with E-state index in [2.05, 4.69) is 47.0 Å². The molecule has 2 nitrogen and oxygen atoms in total. The minimum atomic E-state index is 0.662. The number of halogens is 2. The molecule has 1 heterocycles. The van der Waals surface area contributed by atoms with Crippen LogP contribution in [0.4, 0.5) is 0 Å². The Hall–Kier alpha value is -0.420. The summed E-state index contributed by atoms with van der Waals surface area (Å²) in [5.74, 6) is 0.662. The van der Waals surface area contributed by atoms with E-state index in [1.54, 1.807) is 11.3 Å². The molecule has 0 aliphatic carbocycles. The van der Waals surface area contributed by atoms with Gasteiger partial charge in [-0.3, -0.25) is 0 Å². The highest BCUT2D eigenvalue weighted by atomic mass is 79.9. The number of thiazole rings is 1. The Bertz CT molecular complexity index is 596.